The van der Waals surface area contributed by atoms with Crippen molar-refractivity contribution < 1.29 is 19.8 Å². The lowest BCUT2D eigenvalue weighted by Gasteiger charge is -2.44. The summed E-state index contributed by atoms with van der Waals surface area (Å²) in [5.74, 6) is -3.65. The van der Waals surface area contributed by atoms with Crippen LogP contribution in [0.25, 0.3) is 0 Å². The first-order valence-electron chi connectivity index (χ1n) is 9.38. The van der Waals surface area contributed by atoms with Crippen molar-refractivity contribution in [1.82, 2.24) is 4.90 Å². The van der Waals surface area contributed by atoms with Gasteiger partial charge >= 0.3 is 11.9 Å². The topological polar surface area (TPSA) is 77.8 Å². The van der Waals surface area contributed by atoms with Crippen LogP contribution in [0.3, 0.4) is 0 Å². The highest BCUT2D eigenvalue weighted by Gasteiger charge is 2.47. The molecule has 1 atom stereocenters. The summed E-state index contributed by atoms with van der Waals surface area (Å²) in [5, 5.41) is 14.8. The van der Waals surface area contributed by atoms with Gasteiger partial charge in [0.1, 0.15) is 0 Å². The van der Waals surface area contributed by atoms with Crippen molar-refractivity contribution in [2.45, 2.75) is 44.7 Å². The van der Waals surface area contributed by atoms with Gasteiger partial charge in [0.15, 0.2) is 0 Å². The maximum atomic E-state index is 9.10. The monoisotopic (exact) mass is 367 g/mol. The van der Waals surface area contributed by atoms with Crippen molar-refractivity contribution in [2.75, 3.05) is 6.54 Å². The highest BCUT2D eigenvalue weighted by atomic mass is 16.4. The van der Waals surface area contributed by atoms with E-state index in [1.807, 2.05) is 0 Å². The number of aryl methyl sites for hydroxylation is 1. The van der Waals surface area contributed by atoms with Crippen molar-refractivity contribution in [3.63, 3.8) is 0 Å². The molecule has 142 valence electrons. The van der Waals surface area contributed by atoms with Gasteiger partial charge in [-0.15, -0.1) is 0 Å². The van der Waals surface area contributed by atoms with Crippen molar-refractivity contribution in [2.24, 2.45) is 0 Å². The quantitative estimate of drug-likeness (QED) is 0.792. The molecule has 1 aliphatic carbocycles. The zero-order valence-corrected chi connectivity index (χ0v) is 15.5. The highest BCUT2D eigenvalue weighted by Crippen LogP contribution is 2.50. The van der Waals surface area contributed by atoms with E-state index in [0.29, 0.717) is 0 Å². The molecular formula is C22H25NO4. The summed E-state index contributed by atoms with van der Waals surface area (Å²) in [6.07, 6.45) is 5.02. The molecule has 2 N–H and O–H groups in total. The van der Waals surface area contributed by atoms with Gasteiger partial charge in [0.25, 0.3) is 0 Å². The van der Waals surface area contributed by atoms with Crippen molar-refractivity contribution in [1.29, 1.82) is 0 Å². The number of carboxylic acids is 2. The van der Waals surface area contributed by atoms with Crippen LogP contribution in [0.5, 0.6) is 0 Å². The normalized spacial score (nSPS) is 20.3. The predicted molar refractivity (Wildman–Crippen MR) is 103 cm³/mol. The minimum absolute atomic E-state index is 0.140. The van der Waals surface area contributed by atoms with Crippen LogP contribution >= 0.6 is 0 Å². The molecule has 1 unspecified atom stereocenters. The highest BCUT2D eigenvalue weighted by molar-refractivity contribution is 6.27. The Bertz CT molecular complexity index is 836. The number of nitrogens with zero attached hydrogens (tertiary/aromatic N) is 1. The zero-order valence-electron chi connectivity index (χ0n) is 15.5. The predicted octanol–water partition coefficient (Wildman–Crippen LogP) is 3.65. The third kappa shape index (κ3) is 3.47. The Morgan fingerprint density at radius 2 is 1.52 bits per heavy atom. The molecular weight excluding hydrogens is 342 g/mol. The summed E-state index contributed by atoms with van der Waals surface area (Å²) < 4.78 is 0. The number of fused-ring (bicyclic) bond motifs is 4. The SMILES string of the molecule is CCCN1Cc2ccccc2C12CCCc1ccccc12.O=C(O)C(=O)O. The Balaban J connectivity index is 0.000000307. The van der Waals surface area contributed by atoms with E-state index in [9.17, 15) is 0 Å². The van der Waals surface area contributed by atoms with Crippen LogP contribution in [0, 0.1) is 0 Å². The van der Waals surface area contributed by atoms with Gasteiger partial charge in [-0.3, -0.25) is 4.90 Å². The average molecular weight is 367 g/mol. The van der Waals surface area contributed by atoms with E-state index in [4.69, 9.17) is 19.8 Å². The number of hydrogen-bond donors (Lipinski definition) is 2. The summed E-state index contributed by atoms with van der Waals surface area (Å²) in [6, 6.07) is 18.2. The zero-order chi connectivity index (χ0) is 19.4. The molecule has 5 nitrogen and oxygen atoms in total. The fourth-order valence-corrected chi connectivity index (χ4v) is 4.53. The van der Waals surface area contributed by atoms with Crippen LogP contribution < -0.4 is 0 Å². The fraction of sp³-hybridized carbons (Fsp3) is 0.364. The molecule has 0 radical (unpaired) electrons. The molecule has 1 spiro atoms. The number of aliphatic carboxylic acids is 2. The van der Waals surface area contributed by atoms with Crippen LogP contribution in [0.2, 0.25) is 0 Å². The molecule has 2 aromatic carbocycles. The van der Waals surface area contributed by atoms with Crippen LogP contribution in [0.4, 0.5) is 0 Å². The lowest BCUT2D eigenvalue weighted by atomic mass is 9.72. The van der Waals surface area contributed by atoms with Crippen LogP contribution in [0.1, 0.15) is 48.4 Å². The fourth-order valence-electron chi connectivity index (χ4n) is 4.53. The van der Waals surface area contributed by atoms with Crippen molar-refractivity contribution in [3.8, 4) is 0 Å². The molecule has 0 saturated carbocycles. The molecule has 2 aromatic rings. The van der Waals surface area contributed by atoms with Gasteiger partial charge in [-0.25, -0.2) is 9.59 Å². The van der Waals surface area contributed by atoms with Gasteiger partial charge in [-0.1, -0.05) is 55.5 Å². The van der Waals surface area contributed by atoms with Crippen molar-refractivity contribution >= 4 is 11.9 Å². The summed E-state index contributed by atoms with van der Waals surface area (Å²) in [5.41, 5.74) is 6.35. The summed E-state index contributed by atoms with van der Waals surface area (Å²) in [7, 11) is 0. The Morgan fingerprint density at radius 3 is 2.11 bits per heavy atom. The van der Waals surface area contributed by atoms with E-state index in [1.165, 1.54) is 37.8 Å². The first kappa shape index (κ1) is 19.1. The third-order valence-corrected chi connectivity index (χ3v) is 5.49. The van der Waals surface area contributed by atoms with E-state index < -0.39 is 11.9 Å². The van der Waals surface area contributed by atoms with Gasteiger partial charge in [-0.05, 0) is 54.5 Å². The van der Waals surface area contributed by atoms with E-state index >= 15 is 0 Å². The minimum Gasteiger partial charge on any atom is -0.473 e. The minimum atomic E-state index is -1.82. The Morgan fingerprint density at radius 1 is 0.963 bits per heavy atom. The second-order valence-corrected chi connectivity index (χ2v) is 7.06. The number of benzene rings is 2. The third-order valence-electron chi connectivity index (χ3n) is 5.49. The smallest absolute Gasteiger partial charge is 0.414 e. The van der Waals surface area contributed by atoms with Crippen molar-refractivity contribution in [3.05, 3.63) is 70.8 Å². The second-order valence-electron chi connectivity index (χ2n) is 7.06. The Hall–Kier alpha value is -2.66. The van der Waals surface area contributed by atoms with E-state index in [1.54, 1.807) is 16.7 Å². The molecule has 0 bridgehead atoms. The number of carbonyl (C=O) groups is 2. The first-order valence-corrected chi connectivity index (χ1v) is 9.38. The average Bonchev–Trinajstić information content (AvgIpc) is 2.97. The Kier molecular flexibility index (Phi) is 5.61. The molecule has 27 heavy (non-hydrogen) atoms. The van der Waals surface area contributed by atoms with E-state index in [0.717, 1.165) is 6.54 Å². The molecule has 2 aliphatic rings. The molecule has 1 aliphatic heterocycles. The van der Waals surface area contributed by atoms with Crippen LogP contribution in [-0.4, -0.2) is 33.6 Å². The van der Waals surface area contributed by atoms with Gasteiger partial charge < -0.3 is 10.2 Å². The van der Waals surface area contributed by atoms with Gasteiger partial charge in [0, 0.05) is 6.54 Å². The van der Waals surface area contributed by atoms with Crippen LogP contribution in [0.15, 0.2) is 48.5 Å². The number of hydrogen-bond acceptors (Lipinski definition) is 3. The largest absolute Gasteiger partial charge is 0.473 e. The summed E-state index contributed by atoms with van der Waals surface area (Å²) >= 11 is 0. The first-order chi connectivity index (χ1) is 13.0. The van der Waals surface area contributed by atoms with Gasteiger partial charge in [-0.2, -0.15) is 0 Å². The lowest BCUT2D eigenvalue weighted by Crippen LogP contribution is -2.44. The molecule has 1 heterocycles. The number of carboxylic acid groups (broad SMARTS) is 2. The molecule has 0 saturated heterocycles. The lowest BCUT2D eigenvalue weighted by molar-refractivity contribution is -0.159. The second kappa shape index (κ2) is 7.92. The van der Waals surface area contributed by atoms with Crippen LogP contribution in [-0.2, 0) is 28.1 Å². The number of rotatable bonds is 2. The molecule has 0 amide bonds. The molecule has 0 aromatic heterocycles. The van der Waals surface area contributed by atoms with E-state index in [2.05, 4.69) is 60.4 Å². The molecule has 0 fully saturated rings. The van der Waals surface area contributed by atoms with Gasteiger partial charge in [0.2, 0.25) is 0 Å². The maximum absolute atomic E-state index is 9.10. The molecule has 4 rings (SSSR count). The maximum Gasteiger partial charge on any atom is 0.414 e. The molecule has 5 heteroatoms. The van der Waals surface area contributed by atoms with Gasteiger partial charge in [0.05, 0.1) is 5.54 Å². The Labute approximate surface area is 159 Å². The standard InChI is InChI=1S/C20H23N.C2H2O4/c1-2-14-21-15-17-9-4-6-12-19(17)20(21)13-7-10-16-8-3-5-11-18(16)20;3-1(4)2(5)6/h3-6,8-9,11-12H,2,7,10,13-15H2,1H3;(H,3,4)(H,5,6). The summed E-state index contributed by atoms with van der Waals surface area (Å²) in [4.78, 5) is 20.9. The van der Waals surface area contributed by atoms with E-state index in [-0.39, 0.29) is 5.54 Å². The summed E-state index contributed by atoms with van der Waals surface area (Å²) in [6.45, 7) is 4.59.